The maximum Gasteiger partial charge on any atom is 0.172 e. The number of halogens is 2. The van der Waals surface area contributed by atoms with Gasteiger partial charge in [-0.1, -0.05) is 18.5 Å². The van der Waals surface area contributed by atoms with Crippen LogP contribution in [-0.4, -0.2) is 32.1 Å². The van der Waals surface area contributed by atoms with E-state index < -0.39 is 0 Å². The van der Waals surface area contributed by atoms with Gasteiger partial charge < -0.3 is 14.8 Å². The monoisotopic (exact) mass is 317 g/mol. The molecule has 0 aromatic heterocycles. The third-order valence-electron chi connectivity index (χ3n) is 3.09. The van der Waals surface area contributed by atoms with E-state index in [0.717, 1.165) is 18.5 Å². The Hall–Kier alpha value is -0.680. The molecule has 0 amide bonds. The molecule has 0 aliphatic heterocycles. The number of benzene rings is 1. The lowest BCUT2D eigenvalue weighted by Gasteiger charge is -2.28. The van der Waals surface area contributed by atoms with E-state index in [1.807, 2.05) is 13.8 Å². The minimum absolute atomic E-state index is 0.0656. The van der Waals surface area contributed by atoms with E-state index in [1.165, 1.54) is 12.1 Å². The van der Waals surface area contributed by atoms with E-state index in [9.17, 15) is 4.39 Å². The fraction of sp³-hybridized carbons (Fsp3) is 0.625. The Kier molecular flexibility index (Phi) is 8.85. The van der Waals surface area contributed by atoms with Crippen molar-refractivity contribution in [2.75, 3.05) is 19.8 Å². The van der Waals surface area contributed by atoms with Crippen LogP contribution < -0.4 is 5.32 Å². The molecule has 0 bridgehead atoms. The van der Waals surface area contributed by atoms with Gasteiger partial charge in [-0.25, -0.2) is 4.39 Å². The van der Waals surface area contributed by atoms with Crippen LogP contribution in [0, 0.1) is 5.82 Å². The molecule has 1 aromatic carbocycles. The molecule has 1 unspecified atom stereocenters. The summed E-state index contributed by atoms with van der Waals surface area (Å²) in [5.74, 6) is -0.284. The molecule has 21 heavy (non-hydrogen) atoms. The predicted octanol–water partition coefficient (Wildman–Crippen LogP) is 3.79. The fourth-order valence-corrected chi connectivity index (χ4v) is 2.33. The minimum atomic E-state index is -0.370. The summed E-state index contributed by atoms with van der Waals surface area (Å²) in [6.07, 6.45) is 1.19. The van der Waals surface area contributed by atoms with Gasteiger partial charge in [-0.3, -0.25) is 0 Å². The maximum atomic E-state index is 13.4. The van der Waals surface area contributed by atoms with E-state index in [1.54, 1.807) is 6.07 Å². The van der Waals surface area contributed by atoms with Gasteiger partial charge in [0.2, 0.25) is 0 Å². The summed E-state index contributed by atoms with van der Waals surface area (Å²) in [4.78, 5) is 0. The first-order chi connectivity index (χ1) is 10.1. The largest absolute Gasteiger partial charge is 0.351 e. The summed E-state index contributed by atoms with van der Waals surface area (Å²) in [5.41, 5.74) is 0.759. The smallest absolute Gasteiger partial charge is 0.172 e. The van der Waals surface area contributed by atoms with Gasteiger partial charge in [-0.05, 0) is 57.0 Å². The van der Waals surface area contributed by atoms with Crippen molar-refractivity contribution < 1.29 is 13.9 Å². The maximum absolute atomic E-state index is 13.4. The average Bonchev–Trinajstić information content (AvgIpc) is 2.47. The van der Waals surface area contributed by atoms with Crippen molar-refractivity contribution >= 4 is 11.6 Å². The Bertz CT molecular complexity index is 411. The Balaban J connectivity index is 2.86. The first-order valence-corrected chi connectivity index (χ1v) is 7.90. The molecular formula is C16H25ClFNO2. The molecule has 0 radical (unpaired) electrons. The highest BCUT2D eigenvalue weighted by atomic mass is 35.5. The highest BCUT2D eigenvalue weighted by molar-refractivity contribution is 6.31. The average molecular weight is 318 g/mol. The first-order valence-electron chi connectivity index (χ1n) is 7.52. The third kappa shape index (κ3) is 6.30. The van der Waals surface area contributed by atoms with Crippen LogP contribution in [0.1, 0.15) is 32.8 Å². The SMILES string of the molecule is CCCNC(Cc1cc(F)ccc1Cl)C(OCC)OCC. The van der Waals surface area contributed by atoms with E-state index >= 15 is 0 Å². The highest BCUT2D eigenvalue weighted by Crippen LogP contribution is 2.20. The molecule has 120 valence electrons. The summed E-state index contributed by atoms with van der Waals surface area (Å²) in [6, 6.07) is 4.35. The molecule has 3 nitrogen and oxygen atoms in total. The van der Waals surface area contributed by atoms with Gasteiger partial charge in [0.25, 0.3) is 0 Å². The van der Waals surface area contributed by atoms with Gasteiger partial charge >= 0.3 is 0 Å². The lowest BCUT2D eigenvalue weighted by Crippen LogP contribution is -2.45. The van der Waals surface area contributed by atoms with Crippen molar-refractivity contribution in [2.45, 2.75) is 45.9 Å². The Labute approximate surface area is 131 Å². The molecule has 0 spiro atoms. The number of nitrogens with one attached hydrogen (secondary N) is 1. The second-order valence-corrected chi connectivity index (χ2v) is 5.19. The van der Waals surface area contributed by atoms with Crippen molar-refractivity contribution in [3.63, 3.8) is 0 Å². The van der Waals surface area contributed by atoms with E-state index in [2.05, 4.69) is 12.2 Å². The molecule has 5 heteroatoms. The molecule has 0 aliphatic carbocycles. The lowest BCUT2D eigenvalue weighted by atomic mass is 10.0. The molecule has 1 N–H and O–H groups in total. The molecule has 1 atom stereocenters. The second-order valence-electron chi connectivity index (χ2n) is 4.78. The molecule has 0 saturated heterocycles. The summed E-state index contributed by atoms with van der Waals surface area (Å²) in [5, 5.41) is 3.96. The summed E-state index contributed by atoms with van der Waals surface area (Å²) in [6.45, 7) is 7.91. The zero-order valence-corrected chi connectivity index (χ0v) is 13.8. The van der Waals surface area contributed by atoms with Crippen LogP contribution in [0.4, 0.5) is 4.39 Å². The summed E-state index contributed by atoms with van der Waals surface area (Å²) >= 11 is 6.16. The van der Waals surface area contributed by atoms with Crippen LogP contribution in [0.5, 0.6) is 0 Å². The van der Waals surface area contributed by atoms with Gasteiger partial charge in [0.1, 0.15) is 5.82 Å². The van der Waals surface area contributed by atoms with Gasteiger partial charge in [-0.2, -0.15) is 0 Å². The van der Waals surface area contributed by atoms with Crippen molar-refractivity contribution in [2.24, 2.45) is 0 Å². The molecule has 0 saturated carbocycles. The topological polar surface area (TPSA) is 30.5 Å². The second kappa shape index (κ2) is 10.1. The number of rotatable bonds is 10. The Morgan fingerprint density at radius 2 is 1.86 bits per heavy atom. The van der Waals surface area contributed by atoms with Crippen LogP contribution in [0.3, 0.4) is 0 Å². The Morgan fingerprint density at radius 1 is 1.19 bits per heavy atom. The molecule has 0 heterocycles. The third-order valence-corrected chi connectivity index (χ3v) is 3.46. The normalized spacial score (nSPS) is 12.9. The van der Waals surface area contributed by atoms with Gasteiger partial charge in [0, 0.05) is 18.2 Å². The molecule has 0 fully saturated rings. The fourth-order valence-electron chi connectivity index (χ4n) is 2.14. The predicted molar refractivity (Wildman–Crippen MR) is 84.2 cm³/mol. The lowest BCUT2D eigenvalue weighted by molar-refractivity contribution is -0.153. The van der Waals surface area contributed by atoms with E-state index in [4.69, 9.17) is 21.1 Å². The molecule has 1 rings (SSSR count). The standard InChI is InChI=1S/C16H25ClFNO2/c1-4-9-19-15(16(20-5-2)21-6-3)11-12-10-13(18)7-8-14(12)17/h7-8,10,15-16,19H,4-6,9,11H2,1-3H3. The van der Waals surface area contributed by atoms with Crippen LogP contribution in [0.25, 0.3) is 0 Å². The first kappa shape index (κ1) is 18.4. The van der Waals surface area contributed by atoms with Crippen molar-refractivity contribution in [3.05, 3.63) is 34.6 Å². The molecule has 0 aliphatic rings. The molecular weight excluding hydrogens is 293 g/mol. The summed E-state index contributed by atoms with van der Waals surface area (Å²) in [7, 11) is 0. The van der Waals surface area contributed by atoms with E-state index in [0.29, 0.717) is 24.7 Å². The number of hydrogen-bond donors (Lipinski definition) is 1. The highest BCUT2D eigenvalue weighted by Gasteiger charge is 2.23. The molecule has 1 aromatic rings. The quantitative estimate of drug-likeness (QED) is 0.666. The van der Waals surface area contributed by atoms with Crippen molar-refractivity contribution in [1.82, 2.24) is 5.32 Å². The van der Waals surface area contributed by atoms with Crippen LogP contribution in [-0.2, 0) is 15.9 Å². The zero-order chi connectivity index (χ0) is 15.7. The number of ether oxygens (including phenoxy) is 2. The van der Waals surface area contributed by atoms with Gasteiger partial charge in [-0.15, -0.1) is 0 Å². The van der Waals surface area contributed by atoms with Crippen molar-refractivity contribution in [1.29, 1.82) is 0 Å². The van der Waals surface area contributed by atoms with Crippen LogP contribution in [0.2, 0.25) is 5.02 Å². The summed E-state index contributed by atoms with van der Waals surface area (Å²) < 4.78 is 24.7. The van der Waals surface area contributed by atoms with Crippen molar-refractivity contribution in [3.8, 4) is 0 Å². The zero-order valence-electron chi connectivity index (χ0n) is 13.0. The van der Waals surface area contributed by atoms with Crippen LogP contribution >= 0.6 is 11.6 Å². The Morgan fingerprint density at radius 3 is 2.43 bits per heavy atom. The number of hydrogen-bond acceptors (Lipinski definition) is 3. The van der Waals surface area contributed by atoms with Gasteiger partial charge in [0.15, 0.2) is 6.29 Å². The van der Waals surface area contributed by atoms with E-state index in [-0.39, 0.29) is 18.1 Å². The van der Waals surface area contributed by atoms with Gasteiger partial charge in [0.05, 0.1) is 6.04 Å². The minimum Gasteiger partial charge on any atom is -0.351 e. The van der Waals surface area contributed by atoms with Crippen LogP contribution in [0.15, 0.2) is 18.2 Å².